The number of likely N-dealkylation sites (N-methyl/N-ethyl adjacent to an activating group) is 1. The second kappa shape index (κ2) is 5.46. The Labute approximate surface area is 96.2 Å². The van der Waals surface area contributed by atoms with Gasteiger partial charge in [0.1, 0.15) is 0 Å². The number of aryl methyl sites for hydroxylation is 1. The van der Waals surface area contributed by atoms with Crippen LogP contribution in [0, 0.1) is 0 Å². The number of aliphatic hydroxyl groups excluding tert-OH is 1. The van der Waals surface area contributed by atoms with Gasteiger partial charge in [0, 0.05) is 13.0 Å². The smallest absolute Gasteiger partial charge is 0.382 e. The Bertz CT molecular complexity index is 354. The predicted octanol–water partition coefficient (Wildman–Crippen LogP) is 0.987. The number of hydrogen-bond donors (Lipinski definition) is 1. The first-order valence-electron chi connectivity index (χ1n) is 5.07. The molecule has 0 amide bonds. The summed E-state index contributed by atoms with van der Waals surface area (Å²) in [4.78, 5) is 5.24. The van der Waals surface area contributed by atoms with E-state index in [1.165, 1.54) is 11.9 Å². The third-order valence-electron chi connectivity index (χ3n) is 2.09. The van der Waals surface area contributed by atoms with Crippen LogP contribution < -0.4 is 0 Å². The molecular weight excluding hydrogens is 239 g/mol. The fourth-order valence-corrected chi connectivity index (χ4v) is 1.20. The maximum atomic E-state index is 12.1. The summed E-state index contributed by atoms with van der Waals surface area (Å²) in [5.41, 5.74) is 0. The third-order valence-corrected chi connectivity index (χ3v) is 2.09. The van der Waals surface area contributed by atoms with Crippen LogP contribution in [0.4, 0.5) is 13.2 Å². The highest BCUT2D eigenvalue weighted by molar-refractivity contribution is 4.86. The molecule has 0 spiro atoms. The zero-order chi connectivity index (χ0) is 13.1. The zero-order valence-electron chi connectivity index (χ0n) is 9.53. The van der Waals surface area contributed by atoms with Gasteiger partial charge in [-0.1, -0.05) is 12.1 Å². The van der Waals surface area contributed by atoms with Crippen molar-refractivity contribution in [1.82, 2.24) is 15.0 Å². The Balaban J connectivity index is 2.46. The molecule has 0 aliphatic rings. The molecule has 0 radical (unpaired) electrons. The van der Waals surface area contributed by atoms with E-state index in [2.05, 4.69) is 10.1 Å². The maximum Gasteiger partial charge on any atom is 0.415 e. The number of hydrogen-bond acceptors (Lipinski definition) is 5. The number of rotatable bonds is 5. The molecule has 5 nitrogen and oxygen atoms in total. The van der Waals surface area contributed by atoms with Crippen LogP contribution in [0.2, 0.25) is 0 Å². The van der Waals surface area contributed by atoms with Crippen molar-refractivity contribution in [3.63, 3.8) is 0 Å². The molecule has 98 valence electrons. The summed E-state index contributed by atoms with van der Waals surface area (Å²) >= 11 is 0. The van der Waals surface area contributed by atoms with Crippen molar-refractivity contribution in [1.29, 1.82) is 0 Å². The van der Waals surface area contributed by atoms with Crippen LogP contribution in [-0.2, 0) is 13.0 Å². The molecule has 1 heterocycles. The van der Waals surface area contributed by atoms with E-state index in [4.69, 9.17) is 9.63 Å². The van der Waals surface area contributed by atoms with E-state index in [0.29, 0.717) is 18.1 Å². The summed E-state index contributed by atoms with van der Waals surface area (Å²) in [7, 11) is 1.44. The topological polar surface area (TPSA) is 62.4 Å². The molecule has 0 saturated carbocycles. The van der Waals surface area contributed by atoms with Crippen LogP contribution in [0.25, 0.3) is 0 Å². The van der Waals surface area contributed by atoms with Crippen LogP contribution in [0.5, 0.6) is 0 Å². The molecule has 17 heavy (non-hydrogen) atoms. The van der Waals surface area contributed by atoms with Crippen molar-refractivity contribution in [2.45, 2.75) is 32.2 Å². The van der Waals surface area contributed by atoms with Gasteiger partial charge in [0.25, 0.3) is 0 Å². The van der Waals surface area contributed by atoms with Gasteiger partial charge in [-0.05, 0) is 7.05 Å². The summed E-state index contributed by atoms with van der Waals surface area (Å²) in [6.45, 7) is 1.39. The molecule has 1 N–H and O–H groups in total. The van der Waals surface area contributed by atoms with Crippen molar-refractivity contribution in [2.75, 3.05) is 13.6 Å². The highest BCUT2D eigenvalue weighted by Crippen LogP contribution is 2.20. The number of aliphatic hydroxyl groups is 1. The molecule has 1 unspecified atom stereocenters. The highest BCUT2D eigenvalue weighted by atomic mass is 19.4. The fraction of sp³-hybridized carbons (Fsp3) is 0.778. The molecule has 0 bridgehead atoms. The second-order valence-corrected chi connectivity index (χ2v) is 3.71. The average molecular weight is 253 g/mol. The summed E-state index contributed by atoms with van der Waals surface area (Å²) in [6.07, 6.45) is -6.41. The minimum Gasteiger partial charge on any atom is -0.382 e. The molecule has 1 rings (SSSR count). The number of aromatic nitrogens is 2. The average Bonchev–Trinajstić information content (AvgIpc) is 2.63. The first-order chi connectivity index (χ1) is 7.82. The van der Waals surface area contributed by atoms with E-state index in [-0.39, 0.29) is 6.54 Å². The first kappa shape index (κ1) is 13.9. The van der Waals surface area contributed by atoms with Gasteiger partial charge in [-0.3, -0.25) is 4.90 Å². The van der Waals surface area contributed by atoms with Crippen molar-refractivity contribution in [3.8, 4) is 0 Å². The second-order valence-electron chi connectivity index (χ2n) is 3.71. The lowest BCUT2D eigenvalue weighted by Gasteiger charge is -2.20. The van der Waals surface area contributed by atoms with E-state index in [1.54, 1.807) is 0 Å². The Morgan fingerprint density at radius 2 is 2.12 bits per heavy atom. The normalized spacial score (nSPS) is 14.3. The molecule has 0 saturated heterocycles. The van der Waals surface area contributed by atoms with Crippen LogP contribution in [0.3, 0.4) is 0 Å². The summed E-state index contributed by atoms with van der Waals surface area (Å²) in [6, 6.07) is 0. The predicted molar refractivity (Wildman–Crippen MR) is 52.1 cm³/mol. The third kappa shape index (κ3) is 4.31. The monoisotopic (exact) mass is 253 g/mol. The molecule has 0 aliphatic carbocycles. The van der Waals surface area contributed by atoms with Gasteiger partial charge < -0.3 is 9.63 Å². The SMILES string of the molecule is CCc1nc(CN(C)CC(O)C(F)(F)F)no1. The van der Waals surface area contributed by atoms with Crippen LogP contribution >= 0.6 is 0 Å². The molecular formula is C9H14F3N3O2. The number of alkyl halides is 3. The summed E-state index contributed by atoms with van der Waals surface area (Å²) in [5, 5.41) is 12.5. The minimum atomic E-state index is -4.61. The molecule has 1 aromatic heterocycles. The number of nitrogens with zero attached hydrogens (tertiary/aromatic N) is 3. The Morgan fingerprint density at radius 1 is 1.47 bits per heavy atom. The maximum absolute atomic E-state index is 12.1. The Hall–Kier alpha value is -1.15. The summed E-state index contributed by atoms with van der Waals surface area (Å²) in [5.74, 6) is 0.739. The molecule has 1 atom stereocenters. The van der Waals surface area contributed by atoms with Crippen molar-refractivity contribution in [3.05, 3.63) is 11.7 Å². The van der Waals surface area contributed by atoms with E-state index >= 15 is 0 Å². The largest absolute Gasteiger partial charge is 0.415 e. The molecule has 0 fully saturated rings. The van der Waals surface area contributed by atoms with Gasteiger partial charge in [-0.15, -0.1) is 0 Å². The number of halogens is 3. The zero-order valence-corrected chi connectivity index (χ0v) is 9.53. The molecule has 8 heteroatoms. The van der Waals surface area contributed by atoms with Crippen molar-refractivity contribution in [2.24, 2.45) is 0 Å². The van der Waals surface area contributed by atoms with E-state index < -0.39 is 18.8 Å². The molecule has 0 aliphatic heterocycles. The quantitative estimate of drug-likeness (QED) is 0.847. The molecule has 0 aromatic carbocycles. The van der Waals surface area contributed by atoms with E-state index in [1.807, 2.05) is 6.92 Å². The van der Waals surface area contributed by atoms with E-state index in [0.717, 1.165) is 0 Å². The minimum absolute atomic E-state index is 0.0939. The van der Waals surface area contributed by atoms with Gasteiger partial charge in [0.2, 0.25) is 5.89 Å². The van der Waals surface area contributed by atoms with Gasteiger partial charge >= 0.3 is 6.18 Å². The lowest BCUT2D eigenvalue weighted by molar-refractivity contribution is -0.207. The molecule has 1 aromatic rings. The lowest BCUT2D eigenvalue weighted by atomic mass is 10.3. The van der Waals surface area contributed by atoms with Crippen molar-refractivity contribution >= 4 is 0 Å². The van der Waals surface area contributed by atoms with Crippen LogP contribution in [0.1, 0.15) is 18.6 Å². The fourth-order valence-electron chi connectivity index (χ4n) is 1.20. The Morgan fingerprint density at radius 3 is 2.59 bits per heavy atom. The van der Waals surface area contributed by atoms with Crippen LogP contribution in [0.15, 0.2) is 4.52 Å². The van der Waals surface area contributed by atoms with Crippen molar-refractivity contribution < 1.29 is 22.8 Å². The van der Waals surface area contributed by atoms with E-state index in [9.17, 15) is 13.2 Å². The van der Waals surface area contributed by atoms with Crippen LogP contribution in [-0.4, -0.2) is 46.0 Å². The Kier molecular flexibility index (Phi) is 4.47. The first-order valence-corrected chi connectivity index (χ1v) is 5.07. The lowest BCUT2D eigenvalue weighted by Crippen LogP contribution is -2.39. The van der Waals surface area contributed by atoms with Gasteiger partial charge in [0.15, 0.2) is 11.9 Å². The van der Waals surface area contributed by atoms with Gasteiger partial charge in [-0.2, -0.15) is 18.2 Å². The van der Waals surface area contributed by atoms with Gasteiger partial charge in [0.05, 0.1) is 6.54 Å². The summed E-state index contributed by atoms with van der Waals surface area (Å²) < 4.78 is 41.1. The highest BCUT2D eigenvalue weighted by Gasteiger charge is 2.38. The standard InChI is InChI=1S/C9H14F3N3O2/c1-3-8-13-7(14-17-8)5-15(2)4-6(16)9(10,11)12/h6,16H,3-5H2,1-2H3. The van der Waals surface area contributed by atoms with Gasteiger partial charge in [-0.25, -0.2) is 0 Å².